The zero-order valence-electron chi connectivity index (χ0n) is 12.9. The second-order valence-corrected chi connectivity index (χ2v) is 7.74. The number of nitrogens with two attached hydrogens (primary N) is 1. The van der Waals surface area contributed by atoms with Gasteiger partial charge in [0.05, 0.1) is 10.5 Å². The predicted molar refractivity (Wildman–Crippen MR) is 89.1 cm³/mol. The van der Waals surface area contributed by atoms with Crippen LogP contribution in [-0.4, -0.2) is 44.6 Å². The van der Waals surface area contributed by atoms with E-state index in [9.17, 15) is 13.2 Å². The zero-order chi connectivity index (χ0) is 15.6. The molecule has 2 rings (SSSR count). The third-order valence-electron chi connectivity index (χ3n) is 4.09. The molecule has 2 N–H and O–H groups in total. The summed E-state index contributed by atoms with van der Waals surface area (Å²) in [7, 11) is -3.41. The summed E-state index contributed by atoms with van der Waals surface area (Å²) in [4.78, 5) is 14.4. The Labute approximate surface area is 138 Å². The Kier molecular flexibility index (Phi) is 6.40. The monoisotopic (exact) mass is 346 g/mol. The van der Waals surface area contributed by atoms with Gasteiger partial charge in [0.1, 0.15) is 0 Å². The maximum atomic E-state index is 12.6. The lowest BCUT2D eigenvalue weighted by Crippen LogP contribution is -2.42. The number of carbonyl (C=O) groups is 1. The lowest BCUT2D eigenvalue weighted by molar-refractivity contribution is 0.0677. The van der Waals surface area contributed by atoms with Gasteiger partial charge in [0.2, 0.25) is 0 Å². The number of rotatable bonds is 3. The molecule has 1 fully saturated rings. The van der Waals surface area contributed by atoms with Crippen LogP contribution >= 0.6 is 12.4 Å². The molecule has 0 bridgehead atoms. The van der Waals surface area contributed by atoms with Crippen molar-refractivity contribution in [3.8, 4) is 0 Å². The molecule has 1 heterocycles. The standard InChI is InChI=1S/C15H22N2O3S.ClH/c1-11(16)12-7-9-17(10-8-12)15(18)13-5-3-4-6-14(13)21(2,19)20;/h3-6,11-12H,7-10,16H2,1-2H3;1H. The average Bonchev–Trinajstić information content (AvgIpc) is 2.45. The highest BCUT2D eigenvalue weighted by Gasteiger charge is 2.27. The number of nitrogens with zero attached hydrogens (tertiary/aromatic N) is 1. The van der Waals surface area contributed by atoms with E-state index in [1.807, 2.05) is 6.92 Å². The van der Waals surface area contributed by atoms with Gasteiger partial charge in [0.15, 0.2) is 9.84 Å². The van der Waals surface area contributed by atoms with E-state index in [-0.39, 0.29) is 34.8 Å². The molecular formula is C15H23ClN2O3S. The molecule has 7 heteroatoms. The Morgan fingerprint density at radius 3 is 2.32 bits per heavy atom. The molecule has 1 amide bonds. The normalized spacial score (nSPS) is 17.7. The highest BCUT2D eigenvalue weighted by atomic mass is 35.5. The molecule has 1 saturated heterocycles. The van der Waals surface area contributed by atoms with Gasteiger partial charge in [-0.25, -0.2) is 8.42 Å². The minimum Gasteiger partial charge on any atom is -0.339 e. The summed E-state index contributed by atoms with van der Waals surface area (Å²) in [6, 6.07) is 6.52. The second-order valence-electron chi connectivity index (χ2n) is 5.76. The van der Waals surface area contributed by atoms with Crippen molar-refractivity contribution in [1.82, 2.24) is 4.90 Å². The quantitative estimate of drug-likeness (QED) is 0.903. The molecule has 22 heavy (non-hydrogen) atoms. The average molecular weight is 347 g/mol. The Balaban J connectivity index is 0.00000242. The van der Waals surface area contributed by atoms with Crippen LogP contribution in [-0.2, 0) is 9.84 Å². The molecule has 1 atom stereocenters. The van der Waals surface area contributed by atoms with Crippen LogP contribution in [0.15, 0.2) is 29.2 Å². The van der Waals surface area contributed by atoms with Crippen LogP contribution in [0.3, 0.4) is 0 Å². The number of hydrogen-bond acceptors (Lipinski definition) is 4. The van der Waals surface area contributed by atoms with Gasteiger partial charge in [-0.2, -0.15) is 0 Å². The minimum atomic E-state index is -3.41. The smallest absolute Gasteiger partial charge is 0.255 e. The van der Waals surface area contributed by atoms with Crippen LogP contribution in [0.1, 0.15) is 30.1 Å². The Morgan fingerprint density at radius 1 is 1.27 bits per heavy atom. The largest absolute Gasteiger partial charge is 0.339 e. The van der Waals surface area contributed by atoms with Gasteiger partial charge in [-0.15, -0.1) is 12.4 Å². The van der Waals surface area contributed by atoms with E-state index in [1.54, 1.807) is 23.1 Å². The topological polar surface area (TPSA) is 80.5 Å². The second kappa shape index (κ2) is 7.44. The molecule has 5 nitrogen and oxygen atoms in total. The van der Waals surface area contributed by atoms with Crippen molar-refractivity contribution in [1.29, 1.82) is 0 Å². The summed E-state index contributed by atoms with van der Waals surface area (Å²) in [5, 5.41) is 0. The van der Waals surface area contributed by atoms with E-state index in [4.69, 9.17) is 5.73 Å². The summed E-state index contributed by atoms with van der Waals surface area (Å²) in [6.07, 6.45) is 2.86. The maximum absolute atomic E-state index is 12.6. The summed E-state index contributed by atoms with van der Waals surface area (Å²) < 4.78 is 23.6. The maximum Gasteiger partial charge on any atom is 0.255 e. The molecule has 1 aromatic carbocycles. The number of amides is 1. The van der Waals surface area contributed by atoms with Crippen molar-refractivity contribution in [2.24, 2.45) is 11.7 Å². The Morgan fingerprint density at radius 2 is 1.82 bits per heavy atom. The Hall–Kier alpha value is -1.11. The van der Waals surface area contributed by atoms with Crippen molar-refractivity contribution in [3.05, 3.63) is 29.8 Å². The molecule has 1 aliphatic rings. The molecule has 1 aliphatic heterocycles. The van der Waals surface area contributed by atoms with Crippen LogP contribution in [0.2, 0.25) is 0 Å². The SMILES string of the molecule is CC(N)C1CCN(C(=O)c2ccccc2S(C)(=O)=O)CC1.Cl. The summed E-state index contributed by atoms with van der Waals surface area (Å²) in [6.45, 7) is 3.24. The molecular weight excluding hydrogens is 324 g/mol. The summed E-state index contributed by atoms with van der Waals surface area (Å²) >= 11 is 0. The third kappa shape index (κ3) is 4.21. The molecule has 0 saturated carbocycles. The van der Waals surface area contributed by atoms with Gasteiger partial charge >= 0.3 is 0 Å². The number of sulfone groups is 1. The molecule has 1 unspecified atom stereocenters. The third-order valence-corrected chi connectivity index (χ3v) is 5.24. The molecule has 124 valence electrons. The van der Waals surface area contributed by atoms with Crippen LogP contribution in [0.5, 0.6) is 0 Å². The van der Waals surface area contributed by atoms with Crippen molar-refractivity contribution in [3.63, 3.8) is 0 Å². The van der Waals surface area contributed by atoms with E-state index >= 15 is 0 Å². The highest BCUT2D eigenvalue weighted by molar-refractivity contribution is 7.90. The first-order valence-corrected chi connectivity index (χ1v) is 9.04. The first-order chi connectivity index (χ1) is 9.80. The van der Waals surface area contributed by atoms with Gasteiger partial charge in [-0.05, 0) is 37.8 Å². The number of carbonyl (C=O) groups excluding carboxylic acids is 1. The van der Waals surface area contributed by atoms with Gasteiger partial charge in [-0.3, -0.25) is 4.79 Å². The van der Waals surface area contributed by atoms with E-state index in [1.165, 1.54) is 6.07 Å². The predicted octanol–water partition coefficient (Wildman–Crippen LogP) is 1.71. The zero-order valence-corrected chi connectivity index (χ0v) is 14.5. The summed E-state index contributed by atoms with van der Waals surface area (Å²) in [5.74, 6) is 0.221. The number of likely N-dealkylation sites (tertiary alicyclic amines) is 1. The first-order valence-electron chi connectivity index (χ1n) is 7.14. The number of benzene rings is 1. The van der Waals surface area contributed by atoms with Crippen LogP contribution in [0.25, 0.3) is 0 Å². The van der Waals surface area contributed by atoms with Crippen molar-refractivity contribution in [2.45, 2.75) is 30.7 Å². The fourth-order valence-corrected chi connectivity index (χ4v) is 3.65. The number of hydrogen-bond donors (Lipinski definition) is 1. The van der Waals surface area contributed by atoms with E-state index in [2.05, 4.69) is 0 Å². The van der Waals surface area contributed by atoms with Gasteiger partial charge in [0, 0.05) is 25.4 Å². The van der Waals surface area contributed by atoms with Crippen molar-refractivity contribution >= 4 is 28.2 Å². The highest BCUT2D eigenvalue weighted by Crippen LogP contribution is 2.23. The molecule has 0 spiro atoms. The van der Waals surface area contributed by atoms with Crippen molar-refractivity contribution < 1.29 is 13.2 Å². The summed E-state index contributed by atoms with van der Waals surface area (Å²) in [5.41, 5.74) is 6.16. The number of piperidine rings is 1. The van der Waals surface area contributed by atoms with E-state index < -0.39 is 9.84 Å². The fraction of sp³-hybridized carbons (Fsp3) is 0.533. The van der Waals surface area contributed by atoms with Gasteiger partial charge < -0.3 is 10.6 Å². The van der Waals surface area contributed by atoms with Crippen LogP contribution < -0.4 is 5.73 Å². The molecule has 1 aromatic rings. The number of halogens is 1. The molecule has 0 radical (unpaired) electrons. The van der Waals surface area contributed by atoms with Gasteiger partial charge in [0.25, 0.3) is 5.91 Å². The van der Waals surface area contributed by atoms with Gasteiger partial charge in [-0.1, -0.05) is 12.1 Å². The van der Waals surface area contributed by atoms with E-state index in [0.29, 0.717) is 19.0 Å². The molecule has 0 aliphatic carbocycles. The van der Waals surface area contributed by atoms with Crippen LogP contribution in [0.4, 0.5) is 0 Å². The minimum absolute atomic E-state index is 0. The van der Waals surface area contributed by atoms with E-state index in [0.717, 1.165) is 19.1 Å². The lowest BCUT2D eigenvalue weighted by Gasteiger charge is -2.34. The molecule has 0 aromatic heterocycles. The van der Waals surface area contributed by atoms with Crippen molar-refractivity contribution in [2.75, 3.05) is 19.3 Å². The fourth-order valence-electron chi connectivity index (χ4n) is 2.77. The Bertz CT molecular complexity index is 623. The first kappa shape index (κ1) is 18.9. The van der Waals surface area contributed by atoms with Crippen LogP contribution in [0, 0.1) is 5.92 Å². The lowest BCUT2D eigenvalue weighted by atomic mass is 9.90.